The van der Waals surface area contributed by atoms with Gasteiger partial charge in [-0.15, -0.1) is 0 Å². The molecule has 37 heavy (non-hydrogen) atoms. The van der Waals surface area contributed by atoms with Crippen LogP contribution < -0.4 is 10.0 Å². The molecule has 4 rings (SSSR count). The quantitative estimate of drug-likeness (QED) is 0.411. The molecule has 1 atom stereocenters. The van der Waals surface area contributed by atoms with Crippen molar-refractivity contribution >= 4 is 60.8 Å². The van der Waals surface area contributed by atoms with Gasteiger partial charge in [0.25, 0.3) is 10.0 Å². The normalized spacial score (nSPS) is 16.8. The van der Waals surface area contributed by atoms with Crippen molar-refractivity contribution < 1.29 is 21.6 Å². The SMILES string of the molecule is O=C(Nc1ccc(S(=O)(=O)Nc2ncccn2)cc1)[C@@H]1CCCN(S(=O)(=O)Cc2c(Cl)cccc2Cl)C1. The molecule has 14 heteroatoms. The van der Waals surface area contributed by atoms with E-state index >= 15 is 0 Å². The summed E-state index contributed by atoms with van der Waals surface area (Å²) in [7, 11) is -7.68. The Kier molecular flexibility index (Phi) is 8.34. The molecule has 10 nitrogen and oxygen atoms in total. The fourth-order valence-electron chi connectivity index (χ4n) is 3.85. The van der Waals surface area contributed by atoms with Crippen molar-refractivity contribution in [2.45, 2.75) is 23.5 Å². The summed E-state index contributed by atoms with van der Waals surface area (Å²) in [6.07, 6.45) is 3.84. The molecule has 0 bridgehead atoms. The van der Waals surface area contributed by atoms with E-state index in [4.69, 9.17) is 23.2 Å². The Morgan fingerprint density at radius 2 is 1.62 bits per heavy atom. The minimum absolute atomic E-state index is 0.0176. The predicted octanol–water partition coefficient (Wildman–Crippen LogP) is 3.76. The van der Waals surface area contributed by atoms with Gasteiger partial charge in [0.05, 0.1) is 16.6 Å². The van der Waals surface area contributed by atoms with Crippen LogP contribution in [0.2, 0.25) is 10.0 Å². The molecule has 0 radical (unpaired) electrons. The van der Waals surface area contributed by atoms with E-state index in [1.807, 2.05) is 0 Å². The van der Waals surface area contributed by atoms with Gasteiger partial charge in [-0.25, -0.2) is 35.8 Å². The van der Waals surface area contributed by atoms with Gasteiger partial charge < -0.3 is 5.32 Å². The number of nitrogens with one attached hydrogen (secondary N) is 2. The lowest BCUT2D eigenvalue weighted by atomic mass is 9.99. The summed E-state index contributed by atoms with van der Waals surface area (Å²) in [5, 5.41) is 3.26. The summed E-state index contributed by atoms with van der Waals surface area (Å²) in [5.41, 5.74) is 0.698. The number of hydrogen-bond acceptors (Lipinski definition) is 7. The van der Waals surface area contributed by atoms with Crippen LogP contribution in [0.25, 0.3) is 0 Å². The smallest absolute Gasteiger partial charge is 0.264 e. The molecule has 1 amide bonds. The zero-order valence-corrected chi connectivity index (χ0v) is 22.5. The maximum Gasteiger partial charge on any atom is 0.264 e. The largest absolute Gasteiger partial charge is 0.326 e. The van der Waals surface area contributed by atoms with Crippen LogP contribution in [0.4, 0.5) is 11.6 Å². The summed E-state index contributed by atoms with van der Waals surface area (Å²) < 4.78 is 54.7. The summed E-state index contributed by atoms with van der Waals surface area (Å²) in [4.78, 5) is 20.5. The third-order valence-electron chi connectivity index (χ3n) is 5.76. The van der Waals surface area contributed by atoms with E-state index in [9.17, 15) is 21.6 Å². The zero-order chi connectivity index (χ0) is 26.6. The number of benzene rings is 2. The van der Waals surface area contributed by atoms with Crippen molar-refractivity contribution in [3.63, 3.8) is 0 Å². The number of hydrogen-bond donors (Lipinski definition) is 2. The molecule has 2 heterocycles. The first kappa shape index (κ1) is 27.3. The minimum atomic E-state index is -3.91. The predicted molar refractivity (Wildman–Crippen MR) is 141 cm³/mol. The van der Waals surface area contributed by atoms with Crippen LogP contribution in [0.3, 0.4) is 0 Å². The Bertz CT molecular complexity index is 1470. The summed E-state index contributed by atoms with van der Waals surface area (Å²) >= 11 is 12.3. The molecule has 1 aliphatic rings. The van der Waals surface area contributed by atoms with Crippen molar-refractivity contribution in [3.8, 4) is 0 Å². The second kappa shape index (κ2) is 11.3. The molecule has 3 aromatic rings. The molecular formula is C23H23Cl2N5O5S2. The highest BCUT2D eigenvalue weighted by Crippen LogP contribution is 2.29. The van der Waals surface area contributed by atoms with Gasteiger partial charge in [-0.05, 0) is 55.3 Å². The maximum absolute atomic E-state index is 13.1. The average molecular weight is 585 g/mol. The first-order valence-electron chi connectivity index (χ1n) is 11.2. The number of aromatic nitrogens is 2. The lowest BCUT2D eigenvalue weighted by molar-refractivity contribution is -0.120. The number of nitrogens with zero attached hydrogens (tertiary/aromatic N) is 3. The molecule has 2 aromatic carbocycles. The third kappa shape index (κ3) is 6.76. The van der Waals surface area contributed by atoms with Gasteiger partial charge in [0.15, 0.2) is 0 Å². The number of anilines is 2. The second-order valence-electron chi connectivity index (χ2n) is 8.35. The van der Waals surface area contributed by atoms with E-state index in [2.05, 4.69) is 20.0 Å². The molecular weight excluding hydrogens is 561 g/mol. The zero-order valence-electron chi connectivity index (χ0n) is 19.3. The van der Waals surface area contributed by atoms with E-state index in [1.54, 1.807) is 24.3 Å². The van der Waals surface area contributed by atoms with E-state index in [0.29, 0.717) is 30.6 Å². The van der Waals surface area contributed by atoms with Crippen molar-refractivity contribution in [2.75, 3.05) is 23.1 Å². The highest BCUT2D eigenvalue weighted by atomic mass is 35.5. The number of sulfonamides is 2. The highest BCUT2D eigenvalue weighted by molar-refractivity contribution is 7.92. The topological polar surface area (TPSA) is 138 Å². The number of carbonyl (C=O) groups is 1. The number of rotatable bonds is 8. The molecule has 2 N–H and O–H groups in total. The van der Waals surface area contributed by atoms with E-state index < -0.39 is 26.0 Å². The van der Waals surface area contributed by atoms with Gasteiger partial charge in [0.2, 0.25) is 21.9 Å². The minimum Gasteiger partial charge on any atom is -0.326 e. The summed E-state index contributed by atoms with van der Waals surface area (Å²) in [6, 6.07) is 11.9. The van der Waals surface area contributed by atoms with Crippen molar-refractivity contribution in [1.29, 1.82) is 0 Å². The number of piperidine rings is 1. The Balaban J connectivity index is 1.39. The fourth-order valence-corrected chi connectivity index (χ4v) is 7.17. The van der Waals surface area contributed by atoms with Crippen LogP contribution in [0.1, 0.15) is 18.4 Å². The van der Waals surface area contributed by atoms with Gasteiger partial charge in [-0.2, -0.15) is 0 Å². The van der Waals surface area contributed by atoms with Crippen LogP contribution in [0, 0.1) is 5.92 Å². The molecule has 196 valence electrons. The number of halogens is 2. The van der Waals surface area contributed by atoms with Crippen LogP contribution in [-0.2, 0) is 30.6 Å². The first-order valence-corrected chi connectivity index (χ1v) is 15.0. The van der Waals surface area contributed by atoms with Crippen molar-refractivity contribution in [2.24, 2.45) is 5.92 Å². The highest BCUT2D eigenvalue weighted by Gasteiger charge is 2.33. The maximum atomic E-state index is 13.1. The Morgan fingerprint density at radius 3 is 2.27 bits per heavy atom. The van der Waals surface area contributed by atoms with Crippen LogP contribution in [0.15, 0.2) is 65.8 Å². The Hall–Kier alpha value is -2.77. The second-order valence-corrected chi connectivity index (χ2v) is 12.8. The third-order valence-corrected chi connectivity index (χ3v) is 9.58. The standard InChI is InChI=1S/C23H23Cl2N5O5S2/c24-20-5-1-6-21(25)19(20)15-36(32,33)30-13-2-4-16(14-30)22(31)28-17-7-9-18(10-8-17)37(34,35)29-23-26-11-3-12-27-23/h1,3,5-12,16H,2,4,13-15H2,(H,28,31)(H,26,27,29)/t16-/m1/s1. The fraction of sp³-hybridized carbons (Fsp3) is 0.261. The average Bonchev–Trinajstić information content (AvgIpc) is 2.87. The van der Waals surface area contributed by atoms with E-state index in [0.717, 1.165) is 0 Å². The Morgan fingerprint density at radius 1 is 0.973 bits per heavy atom. The van der Waals surface area contributed by atoms with Gasteiger partial charge in [0, 0.05) is 46.8 Å². The van der Waals surface area contributed by atoms with Gasteiger partial charge in [0.1, 0.15) is 0 Å². The van der Waals surface area contributed by atoms with Crippen molar-refractivity contribution in [1.82, 2.24) is 14.3 Å². The number of amides is 1. The molecule has 1 saturated heterocycles. The summed E-state index contributed by atoms with van der Waals surface area (Å²) in [6.45, 7) is 0.308. The van der Waals surface area contributed by atoms with Crippen LogP contribution in [0.5, 0.6) is 0 Å². The molecule has 0 spiro atoms. The van der Waals surface area contributed by atoms with Gasteiger partial charge in [-0.3, -0.25) is 4.79 Å². The molecule has 0 aliphatic carbocycles. The molecule has 0 unspecified atom stereocenters. The number of carbonyl (C=O) groups excluding carboxylic acids is 1. The van der Waals surface area contributed by atoms with Gasteiger partial charge in [-0.1, -0.05) is 29.3 Å². The monoisotopic (exact) mass is 583 g/mol. The lowest BCUT2D eigenvalue weighted by Crippen LogP contribution is -2.44. The lowest BCUT2D eigenvalue weighted by Gasteiger charge is -2.31. The summed E-state index contributed by atoms with van der Waals surface area (Å²) in [5.74, 6) is -1.36. The van der Waals surface area contributed by atoms with Crippen LogP contribution >= 0.6 is 23.2 Å². The van der Waals surface area contributed by atoms with Crippen molar-refractivity contribution in [3.05, 3.63) is 76.5 Å². The molecule has 1 aromatic heterocycles. The first-order chi connectivity index (χ1) is 17.5. The van der Waals surface area contributed by atoms with E-state index in [1.165, 1.54) is 41.0 Å². The van der Waals surface area contributed by atoms with Crippen LogP contribution in [-0.4, -0.2) is 50.1 Å². The molecule has 1 aliphatic heterocycles. The molecule has 1 fully saturated rings. The van der Waals surface area contributed by atoms with Gasteiger partial charge >= 0.3 is 0 Å². The Labute approximate surface area is 225 Å². The molecule has 0 saturated carbocycles. The van der Waals surface area contributed by atoms with E-state index in [-0.39, 0.29) is 39.1 Å².